The molecule has 1 saturated heterocycles. The van der Waals surface area contributed by atoms with Crippen molar-refractivity contribution in [1.82, 2.24) is 9.80 Å². The van der Waals surface area contributed by atoms with Crippen LogP contribution in [0.3, 0.4) is 0 Å². The fourth-order valence-corrected chi connectivity index (χ4v) is 3.46. The van der Waals surface area contributed by atoms with E-state index in [1.807, 2.05) is 31.2 Å². The van der Waals surface area contributed by atoms with Crippen LogP contribution in [-0.4, -0.2) is 66.3 Å². The van der Waals surface area contributed by atoms with E-state index >= 15 is 0 Å². The summed E-state index contributed by atoms with van der Waals surface area (Å²) in [5, 5.41) is 2.87. The van der Waals surface area contributed by atoms with E-state index in [1.165, 1.54) is 0 Å². The summed E-state index contributed by atoms with van der Waals surface area (Å²) < 4.78 is 0. The Morgan fingerprint density at radius 3 is 2.52 bits per heavy atom. The van der Waals surface area contributed by atoms with Crippen molar-refractivity contribution < 1.29 is 14.4 Å². The Balaban J connectivity index is 1.73. The number of carbonyl (C=O) groups is 3. The lowest BCUT2D eigenvalue weighted by molar-refractivity contribution is -0.130. The number of hydrogen-bond donors (Lipinski definition) is 1. The van der Waals surface area contributed by atoms with Crippen LogP contribution in [-0.2, 0) is 14.4 Å². The summed E-state index contributed by atoms with van der Waals surface area (Å²) >= 11 is 0. The fourth-order valence-electron chi connectivity index (χ4n) is 3.46. The number of fused-ring (bicyclic) bond motifs is 1. The van der Waals surface area contributed by atoms with Crippen LogP contribution in [0.4, 0.5) is 11.4 Å². The second kappa shape index (κ2) is 7.23. The molecule has 0 aromatic heterocycles. The summed E-state index contributed by atoms with van der Waals surface area (Å²) in [6, 6.07) is 7.20. The summed E-state index contributed by atoms with van der Waals surface area (Å²) in [6.45, 7) is 6.43. The highest BCUT2D eigenvalue weighted by Gasteiger charge is 2.31. The average molecular weight is 344 g/mol. The molecule has 1 aromatic carbocycles. The molecule has 1 N–H and O–H groups in total. The lowest BCUT2D eigenvalue weighted by Crippen LogP contribution is -2.52. The molecule has 1 fully saturated rings. The number of nitrogens with zero attached hydrogens (tertiary/aromatic N) is 3. The molecule has 2 heterocycles. The molecule has 3 amide bonds. The number of amides is 3. The molecule has 3 rings (SSSR count). The van der Waals surface area contributed by atoms with Crippen molar-refractivity contribution in [2.45, 2.75) is 26.3 Å². The monoisotopic (exact) mass is 344 g/mol. The van der Waals surface area contributed by atoms with Crippen molar-refractivity contribution in [3.05, 3.63) is 24.3 Å². The number of benzene rings is 1. The van der Waals surface area contributed by atoms with Crippen molar-refractivity contribution in [1.29, 1.82) is 0 Å². The smallest absolute Gasteiger partial charge is 0.241 e. The number of piperazine rings is 1. The van der Waals surface area contributed by atoms with Gasteiger partial charge in [-0.05, 0) is 19.1 Å². The van der Waals surface area contributed by atoms with Gasteiger partial charge < -0.3 is 15.1 Å². The zero-order chi connectivity index (χ0) is 18.0. The Bertz CT molecular complexity index is 683. The van der Waals surface area contributed by atoms with Crippen LogP contribution in [0.1, 0.15) is 20.3 Å². The lowest BCUT2D eigenvalue weighted by atomic mass is 10.1. The Hall–Kier alpha value is -2.41. The molecule has 0 radical (unpaired) electrons. The number of rotatable bonds is 2. The first-order chi connectivity index (χ1) is 12.0. The summed E-state index contributed by atoms with van der Waals surface area (Å²) in [5.74, 6) is -0.0244. The molecular weight excluding hydrogens is 320 g/mol. The van der Waals surface area contributed by atoms with Gasteiger partial charge in [0.15, 0.2) is 0 Å². The predicted octanol–water partition coefficient (Wildman–Crippen LogP) is 0.914. The first-order valence-electron chi connectivity index (χ1n) is 8.64. The highest BCUT2D eigenvalue weighted by atomic mass is 16.2. The molecule has 0 unspecified atom stereocenters. The van der Waals surface area contributed by atoms with Gasteiger partial charge in [-0.15, -0.1) is 0 Å². The van der Waals surface area contributed by atoms with Crippen LogP contribution < -0.4 is 10.2 Å². The SMILES string of the molecule is CC(=O)N1CCN(CC(=O)N2c3ccccc3NC(=O)C[C@@H]2C)CC1. The molecule has 2 aliphatic rings. The Morgan fingerprint density at radius 2 is 1.84 bits per heavy atom. The highest BCUT2D eigenvalue weighted by molar-refractivity contribution is 6.04. The van der Waals surface area contributed by atoms with Crippen molar-refractivity contribution in [3.63, 3.8) is 0 Å². The Morgan fingerprint density at radius 1 is 1.16 bits per heavy atom. The normalized spacial score (nSPS) is 21.4. The minimum Gasteiger partial charge on any atom is -0.340 e. The second-order valence-electron chi connectivity index (χ2n) is 6.66. The van der Waals surface area contributed by atoms with E-state index in [4.69, 9.17) is 0 Å². The molecule has 7 heteroatoms. The highest BCUT2D eigenvalue weighted by Crippen LogP contribution is 2.31. The van der Waals surface area contributed by atoms with E-state index in [1.54, 1.807) is 16.7 Å². The molecule has 1 atom stereocenters. The quantitative estimate of drug-likeness (QED) is 0.866. The number of para-hydroxylation sites is 2. The van der Waals surface area contributed by atoms with Crippen LogP contribution in [0.2, 0.25) is 0 Å². The van der Waals surface area contributed by atoms with E-state index in [0.29, 0.717) is 38.4 Å². The second-order valence-corrected chi connectivity index (χ2v) is 6.66. The topological polar surface area (TPSA) is 73.0 Å². The van der Waals surface area contributed by atoms with Crippen LogP contribution in [0.25, 0.3) is 0 Å². The summed E-state index contributed by atoms with van der Waals surface area (Å²) in [6.07, 6.45) is 0.276. The van der Waals surface area contributed by atoms with E-state index < -0.39 is 0 Å². The van der Waals surface area contributed by atoms with E-state index in [9.17, 15) is 14.4 Å². The Kier molecular flexibility index (Phi) is 5.03. The molecule has 2 aliphatic heterocycles. The molecule has 134 valence electrons. The van der Waals surface area contributed by atoms with Gasteiger partial charge in [0.1, 0.15) is 0 Å². The van der Waals surface area contributed by atoms with E-state index in [2.05, 4.69) is 10.2 Å². The van der Waals surface area contributed by atoms with Gasteiger partial charge in [0.2, 0.25) is 17.7 Å². The number of carbonyl (C=O) groups excluding carboxylic acids is 3. The van der Waals surface area contributed by atoms with Gasteiger partial charge in [-0.2, -0.15) is 0 Å². The minimum atomic E-state index is -0.199. The summed E-state index contributed by atoms with van der Waals surface area (Å²) in [7, 11) is 0. The molecule has 25 heavy (non-hydrogen) atoms. The lowest BCUT2D eigenvalue weighted by Gasteiger charge is -2.36. The number of anilines is 2. The predicted molar refractivity (Wildman–Crippen MR) is 95.3 cm³/mol. The van der Waals surface area contributed by atoms with E-state index in [-0.39, 0.29) is 30.2 Å². The van der Waals surface area contributed by atoms with Gasteiger partial charge in [0.25, 0.3) is 0 Å². The van der Waals surface area contributed by atoms with Gasteiger partial charge in [0.05, 0.1) is 17.9 Å². The fraction of sp³-hybridized carbons (Fsp3) is 0.500. The summed E-state index contributed by atoms with van der Waals surface area (Å²) in [4.78, 5) is 42.0. The average Bonchev–Trinajstić information content (AvgIpc) is 2.69. The van der Waals surface area contributed by atoms with Gasteiger partial charge in [-0.3, -0.25) is 19.3 Å². The number of nitrogens with one attached hydrogen (secondary N) is 1. The van der Waals surface area contributed by atoms with Crippen molar-refractivity contribution in [2.24, 2.45) is 0 Å². The molecule has 0 spiro atoms. The zero-order valence-electron chi connectivity index (χ0n) is 14.7. The van der Waals surface area contributed by atoms with Crippen molar-refractivity contribution >= 4 is 29.1 Å². The van der Waals surface area contributed by atoms with Crippen LogP contribution in [0, 0.1) is 0 Å². The first-order valence-corrected chi connectivity index (χ1v) is 8.64. The largest absolute Gasteiger partial charge is 0.340 e. The molecule has 0 aliphatic carbocycles. The maximum absolute atomic E-state index is 13.0. The third-order valence-electron chi connectivity index (χ3n) is 4.80. The third-order valence-corrected chi connectivity index (χ3v) is 4.80. The van der Waals surface area contributed by atoms with Crippen LogP contribution in [0.15, 0.2) is 24.3 Å². The Labute approximate surface area is 147 Å². The first kappa shape index (κ1) is 17.4. The zero-order valence-corrected chi connectivity index (χ0v) is 14.7. The standard InChI is InChI=1S/C18H24N4O3/c1-13-11-17(24)19-15-5-3-4-6-16(15)22(13)18(25)12-20-7-9-21(10-8-20)14(2)23/h3-6,13H,7-12H2,1-2H3,(H,19,24)/t13-/m0/s1. The third kappa shape index (κ3) is 3.82. The molecule has 7 nitrogen and oxygen atoms in total. The number of hydrogen-bond acceptors (Lipinski definition) is 4. The maximum Gasteiger partial charge on any atom is 0.241 e. The molecular formula is C18H24N4O3. The van der Waals surface area contributed by atoms with Crippen LogP contribution >= 0.6 is 0 Å². The van der Waals surface area contributed by atoms with E-state index in [0.717, 1.165) is 5.69 Å². The molecule has 0 bridgehead atoms. The minimum absolute atomic E-state index is 0.0206. The van der Waals surface area contributed by atoms with Crippen molar-refractivity contribution in [3.8, 4) is 0 Å². The van der Waals surface area contributed by atoms with Crippen molar-refractivity contribution in [2.75, 3.05) is 42.9 Å². The molecule has 0 saturated carbocycles. The summed E-state index contributed by atoms with van der Waals surface area (Å²) in [5.41, 5.74) is 1.42. The van der Waals surface area contributed by atoms with Gasteiger partial charge in [-0.25, -0.2) is 0 Å². The van der Waals surface area contributed by atoms with Gasteiger partial charge in [-0.1, -0.05) is 12.1 Å². The maximum atomic E-state index is 13.0. The van der Waals surface area contributed by atoms with Gasteiger partial charge in [0, 0.05) is 45.6 Å². The van der Waals surface area contributed by atoms with Gasteiger partial charge >= 0.3 is 0 Å². The molecule has 1 aromatic rings. The van der Waals surface area contributed by atoms with Crippen LogP contribution in [0.5, 0.6) is 0 Å².